The molecule has 0 bridgehead atoms. The zero-order valence-electron chi connectivity index (χ0n) is 24.4. The van der Waals surface area contributed by atoms with E-state index < -0.39 is 34.7 Å². The summed E-state index contributed by atoms with van der Waals surface area (Å²) in [6, 6.07) is 15.0. The van der Waals surface area contributed by atoms with Crippen molar-refractivity contribution in [2.45, 2.75) is 38.5 Å². The van der Waals surface area contributed by atoms with E-state index in [2.05, 4.69) is 0 Å². The molecule has 11 nitrogen and oxygen atoms in total. The smallest absolute Gasteiger partial charge is 0.410 e. The fraction of sp³-hybridized carbons (Fsp3) is 0.323. The summed E-state index contributed by atoms with van der Waals surface area (Å²) >= 11 is 0.742. The first-order chi connectivity index (χ1) is 21.1. The predicted molar refractivity (Wildman–Crippen MR) is 166 cm³/mol. The predicted octanol–water partition coefficient (Wildman–Crippen LogP) is 4.14. The van der Waals surface area contributed by atoms with Crippen molar-refractivity contribution in [2.75, 3.05) is 31.7 Å². The van der Waals surface area contributed by atoms with E-state index in [-0.39, 0.29) is 34.4 Å². The molecule has 2 amide bonds. The third-order valence-corrected chi connectivity index (χ3v) is 8.95. The Kier molecular flexibility index (Phi) is 8.77. The minimum Gasteiger partial charge on any atom is -0.502 e. The number of nitrogens with zero attached hydrogens (tertiary/aromatic N) is 4. The number of halogens is 1. The molecular formula is C31H33FN6O5S. The van der Waals surface area contributed by atoms with E-state index in [1.165, 1.54) is 23.0 Å². The molecule has 1 saturated heterocycles. The second-order valence-corrected chi connectivity index (χ2v) is 11.8. The fourth-order valence-corrected chi connectivity index (χ4v) is 6.51. The van der Waals surface area contributed by atoms with Crippen LogP contribution in [0.25, 0.3) is 0 Å². The Balaban J connectivity index is 1.36. The van der Waals surface area contributed by atoms with Gasteiger partial charge in [-0.15, -0.1) is 0 Å². The number of aromatic nitrogens is 1. The summed E-state index contributed by atoms with van der Waals surface area (Å²) in [5.41, 5.74) is -0.588. The largest absolute Gasteiger partial charge is 0.502 e. The highest BCUT2D eigenvalue weighted by atomic mass is 32.2. The Bertz CT molecular complexity index is 1650. The van der Waals surface area contributed by atoms with E-state index in [1.807, 2.05) is 37.3 Å². The summed E-state index contributed by atoms with van der Waals surface area (Å²) in [6.45, 7) is 2.87. The van der Waals surface area contributed by atoms with Crippen LogP contribution in [0.5, 0.6) is 5.75 Å². The quantitative estimate of drug-likeness (QED) is 0.278. The van der Waals surface area contributed by atoms with Gasteiger partial charge in [0.05, 0.1) is 10.6 Å². The highest BCUT2D eigenvalue weighted by Gasteiger charge is 2.51. The van der Waals surface area contributed by atoms with Gasteiger partial charge in [0, 0.05) is 52.1 Å². The number of fused-ring (bicyclic) bond motifs is 1. The highest BCUT2D eigenvalue weighted by Crippen LogP contribution is 2.37. The topological polar surface area (TPSA) is 143 Å². The molecular weight excluding hydrogens is 587 g/mol. The Labute approximate surface area is 257 Å². The van der Waals surface area contributed by atoms with Gasteiger partial charge in [-0.05, 0) is 30.2 Å². The number of benzene rings is 2. The van der Waals surface area contributed by atoms with E-state index in [1.54, 1.807) is 34.0 Å². The van der Waals surface area contributed by atoms with E-state index in [4.69, 9.17) is 15.6 Å². The summed E-state index contributed by atoms with van der Waals surface area (Å²) in [6.07, 6.45) is 1.78. The molecule has 0 atom stereocenters. The lowest BCUT2D eigenvalue weighted by atomic mass is 9.92. The van der Waals surface area contributed by atoms with Crippen LogP contribution < -0.4 is 10.4 Å². The molecule has 230 valence electrons. The van der Waals surface area contributed by atoms with E-state index in [0.29, 0.717) is 38.0 Å². The number of amides is 2. The van der Waals surface area contributed by atoms with E-state index >= 15 is 0 Å². The average Bonchev–Trinajstić information content (AvgIpc) is 3.02. The molecule has 1 fully saturated rings. The second-order valence-electron chi connectivity index (χ2n) is 10.7. The second kappa shape index (κ2) is 12.5. The number of ether oxygens (including phenoxy) is 1. The van der Waals surface area contributed by atoms with Gasteiger partial charge in [-0.25, -0.2) is 9.18 Å². The number of aromatic hydroxyl groups is 1. The van der Waals surface area contributed by atoms with Gasteiger partial charge in [-0.1, -0.05) is 54.2 Å². The number of carbonyl (C=O) groups excluding carboxylic acids is 2. The van der Waals surface area contributed by atoms with Crippen molar-refractivity contribution in [2.24, 2.45) is 0 Å². The number of carbonyl (C=O) groups is 2. The number of nitrogens with one attached hydrogen (secondary N) is 2. The monoisotopic (exact) mass is 620 g/mol. The maximum absolute atomic E-state index is 13.8. The van der Waals surface area contributed by atoms with Gasteiger partial charge in [0.1, 0.15) is 23.1 Å². The molecule has 0 aliphatic carbocycles. The van der Waals surface area contributed by atoms with Crippen molar-refractivity contribution in [3.05, 3.63) is 99.2 Å². The number of thioether (sulfide) groups is 1. The third-order valence-electron chi connectivity index (χ3n) is 8.13. The maximum Gasteiger partial charge on any atom is 0.410 e. The SMILES string of the molecule is CCN1C(=O)c2c(O)c(=O)c(C(=N)SC(=N)Cc3ccc(F)cc3)cn2N(C)C12CCN(C(=O)OCc1ccccc1)CC2. The summed E-state index contributed by atoms with van der Waals surface area (Å²) in [7, 11) is 1.74. The molecule has 13 heteroatoms. The van der Waals surface area contributed by atoms with Crippen LogP contribution in [0.15, 0.2) is 65.6 Å². The summed E-state index contributed by atoms with van der Waals surface area (Å²) in [5, 5.41) is 29.4. The molecule has 0 radical (unpaired) electrons. The summed E-state index contributed by atoms with van der Waals surface area (Å²) < 4.78 is 20.2. The summed E-state index contributed by atoms with van der Waals surface area (Å²) in [4.78, 5) is 43.0. The van der Waals surface area contributed by atoms with Crippen LogP contribution in [0.2, 0.25) is 0 Å². The van der Waals surface area contributed by atoms with Crippen molar-refractivity contribution >= 4 is 33.8 Å². The number of piperidine rings is 1. The van der Waals surface area contributed by atoms with Gasteiger partial charge in [-0.2, -0.15) is 0 Å². The van der Waals surface area contributed by atoms with E-state index in [9.17, 15) is 23.9 Å². The Hall–Kier alpha value is -4.65. The van der Waals surface area contributed by atoms with Crippen molar-refractivity contribution < 1.29 is 23.8 Å². The number of pyridine rings is 1. The Morgan fingerprint density at radius 1 is 1.05 bits per heavy atom. The van der Waals surface area contributed by atoms with Crippen LogP contribution in [-0.4, -0.2) is 74.0 Å². The lowest BCUT2D eigenvalue weighted by Crippen LogP contribution is -2.72. The third kappa shape index (κ3) is 5.79. The van der Waals surface area contributed by atoms with Gasteiger partial charge in [0.15, 0.2) is 11.4 Å². The average molecular weight is 621 g/mol. The normalized spacial score (nSPS) is 15.7. The molecule has 5 rings (SSSR count). The van der Waals surface area contributed by atoms with Crippen molar-refractivity contribution in [3.63, 3.8) is 0 Å². The number of hydrogen-bond donors (Lipinski definition) is 3. The van der Waals surface area contributed by atoms with Gasteiger partial charge in [0.25, 0.3) is 5.91 Å². The van der Waals surface area contributed by atoms with Crippen molar-refractivity contribution in [3.8, 4) is 5.75 Å². The van der Waals surface area contributed by atoms with Crippen molar-refractivity contribution in [1.82, 2.24) is 14.5 Å². The number of rotatable bonds is 6. The van der Waals surface area contributed by atoms with E-state index in [0.717, 1.165) is 17.3 Å². The highest BCUT2D eigenvalue weighted by molar-refractivity contribution is 8.26. The molecule has 1 aromatic heterocycles. The van der Waals surface area contributed by atoms with Gasteiger partial charge < -0.3 is 19.6 Å². The van der Waals surface area contributed by atoms with Crippen molar-refractivity contribution in [1.29, 1.82) is 10.8 Å². The molecule has 3 heterocycles. The molecule has 1 spiro atoms. The maximum atomic E-state index is 13.8. The van der Waals surface area contributed by atoms with Crippen LogP contribution in [0, 0.1) is 16.6 Å². The lowest BCUT2D eigenvalue weighted by molar-refractivity contribution is -0.00172. The van der Waals surface area contributed by atoms with Gasteiger partial charge in [-0.3, -0.25) is 30.1 Å². The molecule has 44 heavy (non-hydrogen) atoms. The molecule has 0 unspecified atom stereocenters. The van der Waals surface area contributed by atoms with Crippen LogP contribution in [0.1, 0.15) is 46.9 Å². The van der Waals surface area contributed by atoms with Crippen LogP contribution in [0.3, 0.4) is 0 Å². The van der Waals surface area contributed by atoms with Gasteiger partial charge >= 0.3 is 6.09 Å². The molecule has 3 N–H and O–H groups in total. The number of likely N-dealkylation sites (tertiary alicyclic amines) is 1. The summed E-state index contributed by atoms with van der Waals surface area (Å²) in [5.74, 6) is -1.70. The zero-order valence-corrected chi connectivity index (χ0v) is 25.2. The molecule has 0 saturated carbocycles. The van der Waals surface area contributed by atoms with Crippen LogP contribution in [0.4, 0.5) is 9.18 Å². The molecule has 2 aliphatic rings. The minimum atomic E-state index is -0.881. The van der Waals surface area contributed by atoms with Crippen LogP contribution >= 0.6 is 11.8 Å². The molecule has 2 aromatic carbocycles. The zero-order chi connectivity index (χ0) is 31.6. The Morgan fingerprint density at radius 2 is 1.70 bits per heavy atom. The molecule has 3 aromatic rings. The van der Waals surface area contributed by atoms with Gasteiger partial charge in [0.2, 0.25) is 5.43 Å². The first-order valence-corrected chi connectivity index (χ1v) is 15.0. The standard InChI is InChI=1S/C31H33FN6O5S/c1-3-37-29(41)25-27(40)26(39)23(28(34)44-24(33)17-20-9-11-22(32)12-10-20)18-38(25)35(2)31(37)13-15-36(16-14-31)30(42)43-19-21-7-5-4-6-8-21/h4-12,18,33-34,40H,3,13-17,19H2,1-2H3. The first-order valence-electron chi connectivity index (χ1n) is 14.1. The molecule has 2 aliphatic heterocycles. The number of hydrogen-bond acceptors (Lipinski definition) is 9. The fourth-order valence-electron chi connectivity index (χ4n) is 5.77. The first kappa shape index (κ1) is 30.8. The Morgan fingerprint density at radius 3 is 2.34 bits per heavy atom. The lowest BCUT2D eigenvalue weighted by Gasteiger charge is -2.56. The minimum absolute atomic E-state index is 0.0489. The van der Waals surface area contributed by atoms with Crippen LogP contribution in [-0.2, 0) is 17.8 Å².